The van der Waals surface area contributed by atoms with E-state index >= 15 is 0 Å². The Morgan fingerprint density at radius 1 is 0.912 bits per heavy atom. The third kappa shape index (κ3) is 5.53. The summed E-state index contributed by atoms with van der Waals surface area (Å²) in [5.74, 6) is -0.231. The summed E-state index contributed by atoms with van der Waals surface area (Å²) in [5.41, 5.74) is 1.74. The van der Waals surface area contributed by atoms with Crippen molar-refractivity contribution >= 4 is 23.5 Å². The second-order valence-corrected chi connectivity index (χ2v) is 7.63. The van der Waals surface area contributed by atoms with Gasteiger partial charge in [-0.15, -0.1) is 0 Å². The summed E-state index contributed by atoms with van der Waals surface area (Å²) >= 11 is 0. The minimum absolute atomic E-state index is 0.152. The van der Waals surface area contributed by atoms with Gasteiger partial charge in [-0.1, -0.05) is 36.4 Å². The molecule has 0 radical (unpaired) electrons. The van der Waals surface area contributed by atoms with Crippen LogP contribution in [0.2, 0.25) is 0 Å². The average molecular weight is 460 g/mol. The zero-order chi connectivity index (χ0) is 23.9. The predicted octanol–water partition coefficient (Wildman–Crippen LogP) is 3.74. The highest BCUT2D eigenvalue weighted by molar-refractivity contribution is 6.08. The number of nitrogens with one attached hydrogen (secondary N) is 2. The summed E-state index contributed by atoms with van der Waals surface area (Å²) in [6.45, 7) is 2.33. The molecule has 1 aliphatic heterocycles. The van der Waals surface area contributed by atoms with Gasteiger partial charge in [-0.2, -0.15) is 0 Å². The minimum atomic E-state index is -0.717. The normalized spacial score (nSPS) is 12.9. The van der Waals surface area contributed by atoms with Crippen LogP contribution in [-0.2, 0) is 9.53 Å². The van der Waals surface area contributed by atoms with Crippen molar-refractivity contribution in [2.24, 2.45) is 0 Å². The smallest absolute Gasteiger partial charge is 0.340 e. The molecule has 1 atom stereocenters. The molecule has 8 nitrogen and oxygen atoms in total. The predicted molar refractivity (Wildman–Crippen MR) is 125 cm³/mol. The highest BCUT2D eigenvalue weighted by atomic mass is 16.6. The van der Waals surface area contributed by atoms with Crippen LogP contribution in [0.25, 0.3) is 0 Å². The molecule has 0 aromatic heterocycles. The quantitative estimate of drug-likeness (QED) is 0.521. The Bertz CT molecular complexity index is 1190. The largest absolute Gasteiger partial charge is 0.486 e. The van der Waals surface area contributed by atoms with E-state index in [0.717, 1.165) is 5.56 Å². The van der Waals surface area contributed by atoms with Gasteiger partial charge in [0.25, 0.3) is 11.8 Å². The zero-order valence-corrected chi connectivity index (χ0v) is 18.6. The molecule has 1 aliphatic rings. The van der Waals surface area contributed by atoms with E-state index in [1.54, 1.807) is 48.5 Å². The lowest BCUT2D eigenvalue weighted by molar-refractivity contribution is -0.124. The molecule has 34 heavy (non-hydrogen) atoms. The first-order chi connectivity index (χ1) is 16.5. The number of hydrogen-bond donors (Lipinski definition) is 2. The summed E-state index contributed by atoms with van der Waals surface area (Å²) in [6.07, 6.45) is 0. The number of carbonyl (C=O) groups excluding carboxylic acids is 3. The maximum atomic E-state index is 12.6. The number of esters is 1. The number of anilines is 1. The van der Waals surface area contributed by atoms with Crippen LogP contribution in [0.4, 0.5) is 5.69 Å². The molecule has 8 heteroatoms. The third-order valence-electron chi connectivity index (χ3n) is 5.21. The van der Waals surface area contributed by atoms with Gasteiger partial charge in [-0.05, 0) is 48.9 Å². The van der Waals surface area contributed by atoms with Crippen molar-refractivity contribution in [3.63, 3.8) is 0 Å². The van der Waals surface area contributed by atoms with Gasteiger partial charge in [0.05, 0.1) is 17.3 Å². The van der Waals surface area contributed by atoms with Crippen LogP contribution >= 0.6 is 0 Å². The Balaban J connectivity index is 1.34. The molecule has 4 rings (SSSR count). The van der Waals surface area contributed by atoms with Gasteiger partial charge in [0, 0.05) is 5.56 Å². The van der Waals surface area contributed by atoms with Gasteiger partial charge in [0.1, 0.15) is 13.2 Å². The van der Waals surface area contributed by atoms with Crippen LogP contribution in [0.5, 0.6) is 11.5 Å². The third-order valence-corrected chi connectivity index (χ3v) is 5.21. The number of carbonyl (C=O) groups is 3. The minimum Gasteiger partial charge on any atom is -0.486 e. The van der Waals surface area contributed by atoms with Crippen molar-refractivity contribution in [3.8, 4) is 11.5 Å². The Morgan fingerprint density at radius 2 is 1.62 bits per heavy atom. The SMILES string of the molecule is CC(NC(=O)COC(=O)c1ccccc1NC(=O)c1ccccc1)c1ccc2c(c1)OCCO2. The fourth-order valence-electron chi connectivity index (χ4n) is 3.46. The number of amides is 2. The molecule has 1 heterocycles. The number of fused-ring (bicyclic) bond motifs is 1. The molecule has 0 saturated carbocycles. The molecule has 0 bridgehead atoms. The molecule has 2 N–H and O–H groups in total. The first-order valence-electron chi connectivity index (χ1n) is 10.8. The molecule has 3 aromatic rings. The van der Waals surface area contributed by atoms with Crippen molar-refractivity contribution in [2.45, 2.75) is 13.0 Å². The van der Waals surface area contributed by atoms with E-state index in [9.17, 15) is 14.4 Å². The molecule has 0 fully saturated rings. The zero-order valence-electron chi connectivity index (χ0n) is 18.6. The van der Waals surface area contributed by atoms with Gasteiger partial charge < -0.3 is 24.8 Å². The Labute approximate surface area is 196 Å². The topological polar surface area (TPSA) is 103 Å². The molecular weight excluding hydrogens is 436 g/mol. The van der Waals surface area contributed by atoms with Crippen LogP contribution in [0.3, 0.4) is 0 Å². The van der Waals surface area contributed by atoms with Gasteiger partial charge in [0.15, 0.2) is 18.1 Å². The summed E-state index contributed by atoms with van der Waals surface area (Å²) < 4.78 is 16.3. The lowest BCUT2D eigenvalue weighted by Crippen LogP contribution is -2.31. The van der Waals surface area contributed by atoms with E-state index < -0.39 is 18.5 Å². The van der Waals surface area contributed by atoms with Gasteiger partial charge in [-0.3, -0.25) is 9.59 Å². The molecule has 3 aromatic carbocycles. The molecule has 2 amide bonds. The second kappa shape index (κ2) is 10.5. The standard InChI is InChI=1S/C26H24N2O6/c1-17(19-11-12-22-23(15-19)33-14-13-32-22)27-24(29)16-34-26(31)20-9-5-6-10-21(20)28-25(30)18-7-3-2-4-8-18/h2-12,15,17H,13-14,16H2,1H3,(H,27,29)(H,28,30). The van der Waals surface area contributed by atoms with E-state index in [4.69, 9.17) is 14.2 Å². The fraction of sp³-hybridized carbons (Fsp3) is 0.192. The molecule has 0 saturated heterocycles. The van der Waals surface area contributed by atoms with E-state index in [2.05, 4.69) is 10.6 Å². The number of benzene rings is 3. The number of para-hydroxylation sites is 1. The molecule has 1 unspecified atom stereocenters. The first-order valence-corrected chi connectivity index (χ1v) is 10.8. The van der Waals surface area contributed by atoms with Crippen molar-refractivity contribution in [3.05, 3.63) is 89.5 Å². The Hall–Kier alpha value is -4.33. The lowest BCUT2D eigenvalue weighted by atomic mass is 10.1. The van der Waals surface area contributed by atoms with Crippen LogP contribution in [-0.4, -0.2) is 37.6 Å². The Morgan fingerprint density at radius 3 is 2.41 bits per heavy atom. The van der Waals surface area contributed by atoms with E-state index in [0.29, 0.717) is 36.0 Å². The van der Waals surface area contributed by atoms with Crippen molar-refractivity contribution in [2.75, 3.05) is 25.1 Å². The van der Waals surface area contributed by atoms with Crippen molar-refractivity contribution in [1.29, 1.82) is 0 Å². The molecule has 0 aliphatic carbocycles. The van der Waals surface area contributed by atoms with Crippen LogP contribution in [0.1, 0.15) is 39.2 Å². The summed E-state index contributed by atoms with van der Waals surface area (Å²) in [7, 11) is 0. The fourth-order valence-corrected chi connectivity index (χ4v) is 3.46. The van der Waals surface area contributed by atoms with Crippen LogP contribution < -0.4 is 20.1 Å². The summed E-state index contributed by atoms with van der Waals surface area (Å²) in [5, 5.41) is 5.51. The highest BCUT2D eigenvalue weighted by Crippen LogP contribution is 2.32. The monoisotopic (exact) mass is 460 g/mol. The lowest BCUT2D eigenvalue weighted by Gasteiger charge is -2.21. The second-order valence-electron chi connectivity index (χ2n) is 7.63. The molecular formula is C26H24N2O6. The van der Waals surface area contributed by atoms with Gasteiger partial charge in [-0.25, -0.2) is 4.79 Å². The maximum absolute atomic E-state index is 12.6. The summed E-state index contributed by atoms with van der Waals surface area (Å²) in [4.78, 5) is 37.5. The average Bonchev–Trinajstić information content (AvgIpc) is 2.87. The van der Waals surface area contributed by atoms with Crippen molar-refractivity contribution < 1.29 is 28.6 Å². The first kappa shape index (κ1) is 22.8. The number of hydrogen-bond acceptors (Lipinski definition) is 6. The van der Waals surface area contributed by atoms with E-state index in [1.165, 1.54) is 6.07 Å². The van der Waals surface area contributed by atoms with Crippen molar-refractivity contribution in [1.82, 2.24) is 5.32 Å². The number of ether oxygens (including phenoxy) is 3. The van der Waals surface area contributed by atoms with E-state index in [-0.39, 0.29) is 17.5 Å². The Kier molecular flexibility index (Phi) is 7.07. The molecule has 174 valence electrons. The van der Waals surface area contributed by atoms with Crippen LogP contribution in [0, 0.1) is 0 Å². The van der Waals surface area contributed by atoms with Gasteiger partial charge >= 0.3 is 5.97 Å². The summed E-state index contributed by atoms with van der Waals surface area (Å²) in [6, 6.07) is 20.2. The van der Waals surface area contributed by atoms with E-state index in [1.807, 2.05) is 25.1 Å². The van der Waals surface area contributed by atoms with Crippen LogP contribution in [0.15, 0.2) is 72.8 Å². The maximum Gasteiger partial charge on any atom is 0.340 e. The highest BCUT2D eigenvalue weighted by Gasteiger charge is 2.19. The molecule has 0 spiro atoms. The number of rotatable bonds is 7. The van der Waals surface area contributed by atoms with Gasteiger partial charge in [0.2, 0.25) is 0 Å².